The second-order valence-electron chi connectivity index (χ2n) is 9.45. The zero-order valence-corrected chi connectivity index (χ0v) is 23.1. The minimum Gasteiger partial charge on any atom is -0.318 e. The summed E-state index contributed by atoms with van der Waals surface area (Å²) in [7, 11) is -3.53. The number of carbonyl (C=O) groups is 1. The van der Waals surface area contributed by atoms with Crippen LogP contribution in [0.25, 0.3) is 5.69 Å². The van der Waals surface area contributed by atoms with Crippen LogP contribution >= 0.6 is 0 Å². The summed E-state index contributed by atoms with van der Waals surface area (Å²) in [6.45, 7) is 8.32. The van der Waals surface area contributed by atoms with Crippen molar-refractivity contribution in [1.82, 2.24) is 9.99 Å². The van der Waals surface area contributed by atoms with E-state index in [9.17, 15) is 13.2 Å². The number of carbonyl (C=O) groups excluding carboxylic acids is 1. The quantitative estimate of drug-likeness (QED) is 0.244. The van der Waals surface area contributed by atoms with Gasteiger partial charge in [0.15, 0.2) is 0 Å². The molecule has 1 amide bonds. The molecule has 4 aromatic rings. The van der Waals surface area contributed by atoms with Gasteiger partial charge in [-0.3, -0.25) is 9.10 Å². The van der Waals surface area contributed by atoms with Crippen molar-refractivity contribution in [3.05, 3.63) is 118 Å². The fraction of sp³-hybridized carbons (Fsp3) is 0.200. The molecular weight excluding hydrogens is 496 g/mol. The minimum absolute atomic E-state index is 0.204. The molecule has 38 heavy (non-hydrogen) atoms. The highest BCUT2D eigenvalue weighted by atomic mass is 32.2. The second kappa shape index (κ2) is 11.1. The third-order valence-corrected chi connectivity index (χ3v) is 7.60. The number of amides is 1. The van der Waals surface area contributed by atoms with Crippen LogP contribution in [0, 0.1) is 27.7 Å². The van der Waals surface area contributed by atoms with Crippen molar-refractivity contribution in [2.75, 3.05) is 10.6 Å². The van der Waals surface area contributed by atoms with E-state index in [1.807, 2.05) is 63.2 Å². The van der Waals surface area contributed by atoms with Gasteiger partial charge in [-0.1, -0.05) is 48.0 Å². The summed E-state index contributed by atoms with van der Waals surface area (Å²) in [5.41, 5.74) is 10.7. The molecule has 4 rings (SSSR count). The molecule has 1 N–H and O–H groups in total. The van der Waals surface area contributed by atoms with Gasteiger partial charge in [0.25, 0.3) is 5.91 Å². The smallest absolute Gasteiger partial charge is 0.271 e. The third kappa shape index (κ3) is 6.03. The maximum atomic E-state index is 12.7. The van der Waals surface area contributed by atoms with Gasteiger partial charge in [0.2, 0.25) is 10.0 Å². The van der Waals surface area contributed by atoms with Crippen molar-refractivity contribution in [2.24, 2.45) is 5.10 Å². The fourth-order valence-electron chi connectivity index (χ4n) is 4.37. The van der Waals surface area contributed by atoms with E-state index in [0.29, 0.717) is 11.3 Å². The number of nitrogens with one attached hydrogen (secondary N) is 1. The first-order valence-electron chi connectivity index (χ1n) is 12.3. The van der Waals surface area contributed by atoms with Crippen LogP contribution in [0.1, 0.15) is 44.0 Å². The third-order valence-electron chi connectivity index (χ3n) is 6.46. The molecular formula is C30H32N4O3S. The Morgan fingerprint density at radius 3 is 2.24 bits per heavy atom. The van der Waals surface area contributed by atoms with Crippen molar-refractivity contribution >= 4 is 27.8 Å². The summed E-state index contributed by atoms with van der Waals surface area (Å²) >= 11 is 0. The summed E-state index contributed by atoms with van der Waals surface area (Å²) in [6.07, 6.45) is 2.81. The molecule has 0 spiro atoms. The van der Waals surface area contributed by atoms with Crippen LogP contribution in [0.3, 0.4) is 0 Å². The lowest BCUT2D eigenvalue weighted by Gasteiger charge is -2.22. The van der Waals surface area contributed by atoms with Crippen molar-refractivity contribution in [3.63, 3.8) is 0 Å². The number of hydrogen-bond acceptors (Lipinski definition) is 4. The first kappa shape index (κ1) is 26.9. The van der Waals surface area contributed by atoms with Gasteiger partial charge in [0.05, 0.1) is 24.7 Å². The number of rotatable bonds is 8. The van der Waals surface area contributed by atoms with Crippen molar-refractivity contribution in [1.29, 1.82) is 0 Å². The Morgan fingerprint density at radius 2 is 1.61 bits per heavy atom. The molecule has 0 fully saturated rings. The zero-order chi connectivity index (χ0) is 27.4. The molecule has 196 valence electrons. The van der Waals surface area contributed by atoms with Gasteiger partial charge in [-0.25, -0.2) is 13.8 Å². The maximum Gasteiger partial charge on any atom is 0.271 e. The predicted molar refractivity (Wildman–Crippen MR) is 154 cm³/mol. The molecule has 7 nitrogen and oxygen atoms in total. The van der Waals surface area contributed by atoms with Crippen LogP contribution in [-0.2, 0) is 16.6 Å². The van der Waals surface area contributed by atoms with Gasteiger partial charge >= 0.3 is 0 Å². The van der Waals surface area contributed by atoms with E-state index >= 15 is 0 Å². The Kier molecular flexibility index (Phi) is 7.83. The standard InChI is InChI=1S/C30H32N4O3S/c1-21-10-12-25(13-11-21)20-33(38(5,36)37)28-16-14-26(15-17-28)30(35)32-31-19-27-18-23(3)34(24(27)4)29-9-7-6-8-22(29)2/h6-19H,20H2,1-5H3,(H,32,35)/b31-19-. The first-order valence-corrected chi connectivity index (χ1v) is 14.1. The molecule has 0 bridgehead atoms. The first-order chi connectivity index (χ1) is 18.0. The molecule has 0 aliphatic heterocycles. The van der Waals surface area contributed by atoms with Gasteiger partial charge in [-0.15, -0.1) is 0 Å². The predicted octanol–water partition coefficient (Wildman–Crippen LogP) is 5.44. The van der Waals surface area contributed by atoms with Crippen molar-refractivity contribution in [2.45, 2.75) is 34.2 Å². The molecule has 0 saturated carbocycles. The SMILES string of the molecule is Cc1ccc(CN(c2ccc(C(=O)N/N=C\c3cc(C)n(-c4ccccc4C)c3C)cc2)S(C)(=O)=O)cc1. The number of nitrogens with zero attached hydrogens (tertiary/aromatic N) is 3. The molecule has 0 atom stereocenters. The van der Waals surface area contributed by atoms with E-state index in [-0.39, 0.29) is 12.5 Å². The van der Waals surface area contributed by atoms with Crippen LogP contribution in [0.15, 0.2) is 84.0 Å². The van der Waals surface area contributed by atoms with Gasteiger partial charge < -0.3 is 4.57 Å². The van der Waals surface area contributed by atoms with Gasteiger partial charge in [0, 0.05) is 28.2 Å². The van der Waals surface area contributed by atoms with Crippen LogP contribution < -0.4 is 9.73 Å². The van der Waals surface area contributed by atoms with E-state index in [1.165, 1.54) is 16.1 Å². The second-order valence-corrected chi connectivity index (χ2v) is 11.4. The lowest BCUT2D eigenvalue weighted by atomic mass is 10.1. The molecule has 8 heteroatoms. The van der Waals surface area contributed by atoms with Crippen molar-refractivity contribution < 1.29 is 13.2 Å². The lowest BCUT2D eigenvalue weighted by molar-refractivity contribution is 0.0955. The van der Waals surface area contributed by atoms with E-state index in [0.717, 1.165) is 33.8 Å². The van der Waals surface area contributed by atoms with Gasteiger partial charge in [-0.05, 0) is 75.2 Å². The topological polar surface area (TPSA) is 83.8 Å². The Balaban J connectivity index is 1.47. The number of anilines is 1. The molecule has 3 aromatic carbocycles. The Morgan fingerprint density at radius 1 is 0.947 bits per heavy atom. The number of hydrazone groups is 1. The highest BCUT2D eigenvalue weighted by Crippen LogP contribution is 2.23. The number of aromatic nitrogens is 1. The normalized spacial score (nSPS) is 11.6. The average molecular weight is 529 g/mol. The van der Waals surface area contributed by atoms with Gasteiger partial charge in [-0.2, -0.15) is 5.10 Å². The maximum absolute atomic E-state index is 12.7. The number of benzene rings is 3. The van der Waals surface area contributed by atoms with Crippen LogP contribution in [0.4, 0.5) is 5.69 Å². The largest absolute Gasteiger partial charge is 0.318 e. The molecule has 0 aliphatic rings. The molecule has 0 unspecified atom stereocenters. The van der Waals surface area contributed by atoms with Crippen molar-refractivity contribution in [3.8, 4) is 5.69 Å². The summed E-state index contributed by atoms with van der Waals surface area (Å²) in [6, 6.07) is 24.4. The monoisotopic (exact) mass is 528 g/mol. The van der Waals surface area contributed by atoms with E-state index < -0.39 is 10.0 Å². The lowest BCUT2D eigenvalue weighted by Crippen LogP contribution is -2.29. The zero-order valence-electron chi connectivity index (χ0n) is 22.3. The fourth-order valence-corrected chi connectivity index (χ4v) is 5.25. The van der Waals surface area contributed by atoms with E-state index in [1.54, 1.807) is 30.5 Å². The average Bonchev–Trinajstić information content (AvgIpc) is 3.16. The number of aryl methyl sites for hydroxylation is 3. The number of sulfonamides is 1. The summed E-state index contributed by atoms with van der Waals surface area (Å²) in [4.78, 5) is 12.7. The molecule has 0 radical (unpaired) electrons. The van der Waals surface area contributed by atoms with Crippen LogP contribution in [-0.4, -0.2) is 31.4 Å². The summed E-state index contributed by atoms with van der Waals surface area (Å²) < 4.78 is 28.5. The number of hydrogen-bond donors (Lipinski definition) is 1. The molecule has 1 heterocycles. The molecule has 1 aromatic heterocycles. The van der Waals surface area contributed by atoms with Crippen LogP contribution in [0.2, 0.25) is 0 Å². The Hall–Kier alpha value is -4.17. The highest BCUT2D eigenvalue weighted by molar-refractivity contribution is 7.92. The Labute approximate surface area is 224 Å². The molecule has 0 saturated heterocycles. The summed E-state index contributed by atoms with van der Waals surface area (Å²) in [5, 5.41) is 4.16. The minimum atomic E-state index is -3.53. The van der Waals surface area contributed by atoms with E-state index in [4.69, 9.17) is 0 Å². The molecule has 0 aliphatic carbocycles. The van der Waals surface area contributed by atoms with Gasteiger partial charge in [0.1, 0.15) is 0 Å². The highest BCUT2D eigenvalue weighted by Gasteiger charge is 2.18. The van der Waals surface area contributed by atoms with E-state index in [2.05, 4.69) is 34.2 Å². The number of para-hydroxylation sites is 1. The summed E-state index contributed by atoms with van der Waals surface area (Å²) in [5.74, 6) is -0.384. The van der Waals surface area contributed by atoms with Crippen LogP contribution in [0.5, 0.6) is 0 Å². The Bertz CT molecular complexity index is 1590.